The molecule has 0 aromatic heterocycles. The Kier molecular flexibility index (Phi) is 4.93. The smallest absolute Gasteiger partial charge is 0.309 e. The molecule has 0 spiro atoms. The average molecular weight is 242 g/mol. The van der Waals surface area contributed by atoms with Crippen molar-refractivity contribution in [2.45, 2.75) is 39.0 Å². The third-order valence-electron chi connectivity index (χ3n) is 3.58. The Bertz CT molecular complexity index is 283. The molecule has 1 heterocycles. The molecule has 1 rings (SSSR count). The van der Waals surface area contributed by atoms with Gasteiger partial charge in [0.25, 0.3) is 0 Å². The van der Waals surface area contributed by atoms with Crippen molar-refractivity contribution >= 4 is 11.9 Å². The van der Waals surface area contributed by atoms with Crippen LogP contribution in [0.4, 0.5) is 0 Å². The predicted molar refractivity (Wildman–Crippen MR) is 64.5 cm³/mol. The Balaban J connectivity index is 2.36. The minimum absolute atomic E-state index is 0.130. The molecule has 1 saturated heterocycles. The van der Waals surface area contributed by atoms with Gasteiger partial charge >= 0.3 is 5.97 Å². The van der Waals surface area contributed by atoms with E-state index in [2.05, 4.69) is 0 Å². The summed E-state index contributed by atoms with van der Waals surface area (Å²) in [6.07, 6.45) is 3.31. The summed E-state index contributed by atoms with van der Waals surface area (Å²) >= 11 is 0. The van der Waals surface area contributed by atoms with Gasteiger partial charge in [0.2, 0.25) is 5.91 Å². The maximum absolute atomic E-state index is 11.8. The minimum atomic E-state index is -0.757. The van der Waals surface area contributed by atoms with Gasteiger partial charge in [-0.2, -0.15) is 0 Å². The largest absolute Gasteiger partial charge is 0.481 e. The van der Waals surface area contributed by atoms with E-state index < -0.39 is 11.4 Å². The van der Waals surface area contributed by atoms with Crippen LogP contribution in [0.15, 0.2) is 0 Å². The van der Waals surface area contributed by atoms with Gasteiger partial charge in [0.1, 0.15) is 0 Å². The summed E-state index contributed by atoms with van der Waals surface area (Å²) in [4.78, 5) is 24.6. The Morgan fingerprint density at radius 2 is 1.88 bits per heavy atom. The summed E-state index contributed by atoms with van der Waals surface area (Å²) in [7, 11) is 0. The fourth-order valence-corrected chi connectivity index (χ4v) is 2.04. The van der Waals surface area contributed by atoms with E-state index >= 15 is 0 Å². The normalized spacial score (nSPS) is 19.1. The molecule has 17 heavy (non-hydrogen) atoms. The average Bonchev–Trinajstić information content (AvgIpc) is 2.30. The monoisotopic (exact) mass is 242 g/mol. The number of nitrogens with two attached hydrogens (primary N) is 1. The van der Waals surface area contributed by atoms with Crippen molar-refractivity contribution in [3.63, 3.8) is 0 Å². The number of unbranched alkanes of at least 4 members (excludes halogenated alkanes) is 1. The molecule has 0 atom stereocenters. The number of hydrogen-bond donors (Lipinski definition) is 2. The molecule has 1 fully saturated rings. The lowest BCUT2D eigenvalue weighted by Gasteiger charge is -2.36. The lowest BCUT2D eigenvalue weighted by molar-refractivity contribution is -0.153. The van der Waals surface area contributed by atoms with Crippen molar-refractivity contribution in [1.29, 1.82) is 0 Å². The fourth-order valence-electron chi connectivity index (χ4n) is 2.04. The highest BCUT2D eigenvalue weighted by Crippen LogP contribution is 2.31. The van der Waals surface area contributed by atoms with E-state index in [-0.39, 0.29) is 5.91 Å². The molecule has 0 unspecified atom stereocenters. The second-order valence-electron chi connectivity index (χ2n) is 4.99. The van der Waals surface area contributed by atoms with Gasteiger partial charge in [0.05, 0.1) is 5.41 Å². The highest BCUT2D eigenvalue weighted by atomic mass is 16.4. The molecule has 5 nitrogen and oxygen atoms in total. The van der Waals surface area contributed by atoms with Gasteiger partial charge in [0, 0.05) is 19.5 Å². The summed E-state index contributed by atoms with van der Waals surface area (Å²) in [5.41, 5.74) is 4.71. The van der Waals surface area contributed by atoms with Crippen LogP contribution < -0.4 is 5.73 Å². The van der Waals surface area contributed by atoms with Gasteiger partial charge < -0.3 is 15.7 Å². The lowest BCUT2D eigenvalue weighted by atomic mass is 9.80. The first-order valence-electron chi connectivity index (χ1n) is 6.21. The van der Waals surface area contributed by atoms with Crippen molar-refractivity contribution in [3.8, 4) is 0 Å². The summed E-state index contributed by atoms with van der Waals surface area (Å²) in [5, 5.41) is 9.08. The fraction of sp³-hybridized carbons (Fsp3) is 0.833. The standard InChI is InChI=1S/C12H22N2O3/c1-12(11(16)17)5-8-14(9-6-12)10(15)4-2-3-7-13/h2-9,13H2,1H3,(H,16,17). The molecule has 0 aromatic carbocycles. The van der Waals surface area contributed by atoms with Crippen molar-refractivity contribution < 1.29 is 14.7 Å². The zero-order valence-electron chi connectivity index (χ0n) is 10.4. The Morgan fingerprint density at radius 1 is 1.29 bits per heavy atom. The SMILES string of the molecule is CC1(C(=O)O)CCN(C(=O)CCCCN)CC1. The van der Waals surface area contributed by atoms with E-state index in [4.69, 9.17) is 10.8 Å². The number of hydrogen-bond acceptors (Lipinski definition) is 3. The second-order valence-corrected chi connectivity index (χ2v) is 4.99. The van der Waals surface area contributed by atoms with E-state index in [1.807, 2.05) is 0 Å². The van der Waals surface area contributed by atoms with E-state index in [0.717, 1.165) is 12.8 Å². The number of nitrogens with zero attached hydrogens (tertiary/aromatic N) is 1. The Labute approximate surface area is 102 Å². The lowest BCUT2D eigenvalue weighted by Crippen LogP contribution is -2.45. The Hall–Kier alpha value is -1.10. The van der Waals surface area contributed by atoms with Crippen LogP contribution in [0.25, 0.3) is 0 Å². The number of piperidine rings is 1. The molecule has 3 N–H and O–H groups in total. The molecule has 0 bridgehead atoms. The molecule has 0 aliphatic carbocycles. The van der Waals surface area contributed by atoms with Crippen LogP contribution in [0.5, 0.6) is 0 Å². The summed E-state index contributed by atoms with van der Waals surface area (Å²) in [5.74, 6) is -0.626. The highest BCUT2D eigenvalue weighted by Gasteiger charge is 2.37. The van der Waals surface area contributed by atoms with Crippen LogP contribution in [0.1, 0.15) is 39.0 Å². The number of rotatable bonds is 5. The molecule has 1 aliphatic rings. The number of aliphatic carboxylic acids is 1. The third-order valence-corrected chi connectivity index (χ3v) is 3.58. The number of carbonyl (C=O) groups is 2. The first-order valence-corrected chi connectivity index (χ1v) is 6.21. The van der Waals surface area contributed by atoms with Gasteiger partial charge in [-0.15, -0.1) is 0 Å². The van der Waals surface area contributed by atoms with Crippen molar-refractivity contribution in [2.24, 2.45) is 11.1 Å². The molecular weight excluding hydrogens is 220 g/mol. The van der Waals surface area contributed by atoms with Crippen LogP contribution in [-0.2, 0) is 9.59 Å². The number of carboxylic acids is 1. The van der Waals surface area contributed by atoms with Crippen LogP contribution in [0.2, 0.25) is 0 Å². The Morgan fingerprint density at radius 3 is 2.35 bits per heavy atom. The number of amides is 1. The quantitative estimate of drug-likeness (QED) is 0.699. The highest BCUT2D eigenvalue weighted by molar-refractivity contribution is 5.78. The van der Waals surface area contributed by atoms with E-state index in [0.29, 0.717) is 38.9 Å². The summed E-state index contributed by atoms with van der Waals surface area (Å²) < 4.78 is 0. The van der Waals surface area contributed by atoms with Crippen LogP contribution >= 0.6 is 0 Å². The second kappa shape index (κ2) is 6.00. The first-order chi connectivity index (χ1) is 7.99. The van der Waals surface area contributed by atoms with Crippen LogP contribution in [-0.4, -0.2) is 41.5 Å². The van der Waals surface area contributed by atoms with Gasteiger partial charge in [-0.1, -0.05) is 0 Å². The summed E-state index contributed by atoms with van der Waals surface area (Å²) in [6.45, 7) is 3.49. The van der Waals surface area contributed by atoms with Crippen LogP contribution in [0, 0.1) is 5.41 Å². The van der Waals surface area contributed by atoms with Gasteiger partial charge in [0.15, 0.2) is 0 Å². The number of likely N-dealkylation sites (tertiary alicyclic amines) is 1. The first kappa shape index (κ1) is 14.0. The van der Waals surface area contributed by atoms with Crippen molar-refractivity contribution in [3.05, 3.63) is 0 Å². The molecule has 5 heteroatoms. The molecule has 0 aromatic rings. The number of carbonyl (C=O) groups excluding carboxylic acids is 1. The zero-order valence-corrected chi connectivity index (χ0v) is 10.4. The van der Waals surface area contributed by atoms with Crippen molar-refractivity contribution in [1.82, 2.24) is 4.90 Å². The molecule has 1 amide bonds. The molecule has 0 radical (unpaired) electrons. The summed E-state index contributed by atoms with van der Waals surface area (Å²) in [6, 6.07) is 0. The van der Waals surface area contributed by atoms with Gasteiger partial charge in [-0.05, 0) is 39.2 Å². The molecule has 1 aliphatic heterocycles. The van der Waals surface area contributed by atoms with Gasteiger partial charge in [-0.3, -0.25) is 9.59 Å². The maximum atomic E-state index is 11.8. The zero-order chi connectivity index (χ0) is 12.9. The van der Waals surface area contributed by atoms with E-state index in [1.165, 1.54) is 0 Å². The van der Waals surface area contributed by atoms with Crippen molar-refractivity contribution in [2.75, 3.05) is 19.6 Å². The maximum Gasteiger partial charge on any atom is 0.309 e. The van der Waals surface area contributed by atoms with E-state index in [9.17, 15) is 9.59 Å². The van der Waals surface area contributed by atoms with E-state index in [1.54, 1.807) is 11.8 Å². The third kappa shape index (κ3) is 3.70. The van der Waals surface area contributed by atoms with Crippen LogP contribution in [0.3, 0.4) is 0 Å². The number of carboxylic acid groups (broad SMARTS) is 1. The molecule has 0 saturated carbocycles. The topological polar surface area (TPSA) is 83.6 Å². The molecule has 98 valence electrons. The minimum Gasteiger partial charge on any atom is -0.481 e. The predicted octanol–water partition coefficient (Wildman–Crippen LogP) is 0.829. The van der Waals surface area contributed by atoms with Gasteiger partial charge in [-0.25, -0.2) is 0 Å². The molecular formula is C12H22N2O3.